The summed E-state index contributed by atoms with van der Waals surface area (Å²) in [5.41, 5.74) is 1.69. The molecule has 0 spiro atoms. The lowest BCUT2D eigenvalue weighted by molar-refractivity contribution is 0.314. The molecule has 17 heavy (non-hydrogen) atoms. The number of benzene rings is 1. The van der Waals surface area contributed by atoms with Crippen LogP contribution in [-0.4, -0.2) is 6.54 Å². The fourth-order valence-corrected chi connectivity index (χ4v) is 2.88. The van der Waals surface area contributed by atoms with Gasteiger partial charge in [-0.1, -0.05) is 49.0 Å². The zero-order valence-corrected chi connectivity index (χ0v) is 11.7. The first-order valence-electron chi connectivity index (χ1n) is 6.24. The Morgan fingerprint density at radius 3 is 2.53 bits per heavy atom. The highest BCUT2D eigenvalue weighted by Crippen LogP contribution is 2.36. The molecule has 0 unspecified atom stereocenters. The largest absolute Gasteiger partial charge is 0.312 e. The molecule has 0 bridgehead atoms. The first-order valence-corrected chi connectivity index (χ1v) is 6.99. The predicted octanol–water partition coefficient (Wildman–Crippen LogP) is 4.66. The molecule has 0 saturated heterocycles. The van der Waals surface area contributed by atoms with Gasteiger partial charge in [0, 0.05) is 13.1 Å². The Balaban J connectivity index is 1.83. The van der Waals surface area contributed by atoms with Gasteiger partial charge < -0.3 is 5.32 Å². The van der Waals surface area contributed by atoms with E-state index in [1.54, 1.807) is 0 Å². The highest BCUT2D eigenvalue weighted by atomic mass is 35.5. The average Bonchev–Trinajstić information content (AvgIpc) is 2.71. The van der Waals surface area contributed by atoms with Crippen LogP contribution in [0.1, 0.15) is 38.2 Å². The molecule has 2 rings (SSSR count). The second-order valence-electron chi connectivity index (χ2n) is 5.37. The van der Waals surface area contributed by atoms with Crippen LogP contribution in [0.4, 0.5) is 0 Å². The molecular weight excluding hydrogens is 253 g/mol. The van der Waals surface area contributed by atoms with E-state index in [1.165, 1.54) is 31.2 Å². The van der Waals surface area contributed by atoms with Gasteiger partial charge in [-0.25, -0.2) is 0 Å². The normalized spacial score (nSPS) is 18.5. The molecule has 1 aliphatic carbocycles. The zero-order chi connectivity index (χ0) is 12.3. The van der Waals surface area contributed by atoms with Gasteiger partial charge in [0.15, 0.2) is 0 Å². The van der Waals surface area contributed by atoms with Gasteiger partial charge in [0.05, 0.1) is 10.0 Å². The Morgan fingerprint density at radius 2 is 1.88 bits per heavy atom. The van der Waals surface area contributed by atoms with E-state index in [0.717, 1.165) is 13.1 Å². The van der Waals surface area contributed by atoms with Crippen molar-refractivity contribution < 1.29 is 0 Å². The van der Waals surface area contributed by atoms with Crippen LogP contribution < -0.4 is 5.32 Å². The molecule has 1 nitrogen and oxygen atoms in total. The highest BCUT2D eigenvalue weighted by Gasteiger charge is 2.27. The van der Waals surface area contributed by atoms with Gasteiger partial charge >= 0.3 is 0 Å². The maximum Gasteiger partial charge on any atom is 0.0595 e. The van der Waals surface area contributed by atoms with Gasteiger partial charge in [-0.05, 0) is 36.0 Å². The van der Waals surface area contributed by atoms with Crippen LogP contribution in [0.15, 0.2) is 18.2 Å². The van der Waals surface area contributed by atoms with E-state index < -0.39 is 0 Å². The molecule has 0 radical (unpaired) electrons. The summed E-state index contributed by atoms with van der Waals surface area (Å²) in [5.74, 6) is 0. The maximum absolute atomic E-state index is 5.99. The molecule has 1 aliphatic rings. The van der Waals surface area contributed by atoms with Gasteiger partial charge in [-0.2, -0.15) is 0 Å². The second-order valence-corrected chi connectivity index (χ2v) is 6.18. The van der Waals surface area contributed by atoms with E-state index in [0.29, 0.717) is 15.5 Å². The van der Waals surface area contributed by atoms with E-state index in [9.17, 15) is 0 Å². The topological polar surface area (TPSA) is 12.0 Å². The lowest BCUT2D eigenvalue weighted by Gasteiger charge is -2.23. The van der Waals surface area contributed by atoms with Crippen LogP contribution >= 0.6 is 23.2 Å². The summed E-state index contributed by atoms with van der Waals surface area (Å²) in [6.45, 7) is 4.33. The quantitative estimate of drug-likeness (QED) is 0.840. The Bertz CT molecular complexity index is 384. The zero-order valence-electron chi connectivity index (χ0n) is 10.2. The third kappa shape index (κ3) is 3.61. The number of hydrogen-bond acceptors (Lipinski definition) is 1. The predicted molar refractivity (Wildman–Crippen MR) is 74.7 cm³/mol. The molecule has 0 heterocycles. The van der Waals surface area contributed by atoms with E-state index in [2.05, 4.69) is 12.2 Å². The van der Waals surface area contributed by atoms with Gasteiger partial charge in [0.1, 0.15) is 0 Å². The van der Waals surface area contributed by atoms with Crippen LogP contribution in [0.2, 0.25) is 10.0 Å². The molecule has 1 aromatic rings. The van der Waals surface area contributed by atoms with Crippen molar-refractivity contribution in [2.24, 2.45) is 5.41 Å². The Labute approximate surface area is 114 Å². The number of halogens is 2. The number of rotatable bonds is 4. The van der Waals surface area contributed by atoms with E-state index in [-0.39, 0.29) is 0 Å². The molecule has 94 valence electrons. The average molecular weight is 272 g/mol. The lowest BCUT2D eigenvalue weighted by Crippen LogP contribution is -2.29. The van der Waals surface area contributed by atoms with Crippen LogP contribution in [0.25, 0.3) is 0 Å². The van der Waals surface area contributed by atoms with Crippen molar-refractivity contribution in [3.05, 3.63) is 33.8 Å². The summed E-state index contributed by atoms with van der Waals surface area (Å²) >= 11 is 11.9. The minimum absolute atomic E-state index is 0.496. The number of hydrogen-bond donors (Lipinski definition) is 1. The molecule has 1 saturated carbocycles. The molecule has 0 aromatic heterocycles. The number of nitrogens with one attached hydrogen (secondary N) is 1. The molecule has 3 heteroatoms. The van der Waals surface area contributed by atoms with Crippen LogP contribution in [0.5, 0.6) is 0 Å². The monoisotopic (exact) mass is 271 g/mol. The molecular formula is C14H19Cl2N. The second kappa shape index (κ2) is 5.60. The lowest BCUT2D eigenvalue weighted by atomic mass is 9.89. The SMILES string of the molecule is CC1(CNCc2ccc(Cl)c(Cl)c2)CCCC1. The van der Waals surface area contributed by atoms with Gasteiger partial charge in [-0.3, -0.25) is 0 Å². The molecule has 0 amide bonds. The van der Waals surface area contributed by atoms with E-state index in [4.69, 9.17) is 23.2 Å². The first kappa shape index (κ1) is 13.2. The van der Waals surface area contributed by atoms with Crippen LogP contribution in [0, 0.1) is 5.41 Å². The highest BCUT2D eigenvalue weighted by molar-refractivity contribution is 6.42. The first-order chi connectivity index (χ1) is 8.09. The summed E-state index contributed by atoms with van der Waals surface area (Å²) < 4.78 is 0. The molecule has 0 aliphatic heterocycles. The summed E-state index contributed by atoms with van der Waals surface area (Å²) in [5, 5.41) is 4.79. The van der Waals surface area contributed by atoms with Crippen LogP contribution in [0.3, 0.4) is 0 Å². The van der Waals surface area contributed by atoms with Crippen molar-refractivity contribution in [1.82, 2.24) is 5.32 Å². The van der Waals surface area contributed by atoms with E-state index in [1.807, 2.05) is 18.2 Å². The van der Waals surface area contributed by atoms with E-state index >= 15 is 0 Å². The maximum atomic E-state index is 5.99. The van der Waals surface area contributed by atoms with Crippen molar-refractivity contribution in [1.29, 1.82) is 0 Å². The minimum atomic E-state index is 0.496. The van der Waals surface area contributed by atoms with Crippen molar-refractivity contribution >= 4 is 23.2 Å². The fourth-order valence-electron chi connectivity index (χ4n) is 2.56. The summed E-state index contributed by atoms with van der Waals surface area (Å²) in [4.78, 5) is 0. The smallest absolute Gasteiger partial charge is 0.0595 e. The summed E-state index contributed by atoms with van der Waals surface area (Å²) in [6.07, 6.45) is 5.46. The standard InChI is InChI=1S/C14H19Cl2N/c1-14(6-2-3-7-14)10-17-9-11-4-5-12(15)13(16)8-11/h4-5,8,17H,2-3,6-7,9-10H2,1H3. The van der Waals surface area contributed by atoms with Crippen molar-refractivity contribution in [2.75, 3.05) is 6.54 Å². The molecule has 1 fully saturated rings. The van der Waals surface area contributed by atoms with Crippen LogP contribution in [-0.2, 0) is 6.54 Å². The van der Waals surface area contributed by atoms with Gasteiger partial charge in [-0.15, -0.1) is 0 Å². The Hall–Kier alpha value is -0.240. The van der Waals surface area contributed by atoms with Crippen molar-refractivity contribution in [2.45, 2.75) is 39.2 Å². The Morgan fingerprint density at radius 1 is 1.18 bits per heavy atom. The third-order valence-electron chi connectivity index (χ3n) is 3.68. The minimum Gasteiger partial charge on any atom is -0.312 e. The van der Waals surface area contributed by atoms with Gasteiger partial charge in [0.25, 0.3) is 0 Å². The molecule has 0 atom stereocenters. The molecule has 1 N–H and O–H groups in total. The summed E-state index contributed by atoms with van der Waals surface area (Å²) in [6, 6.07) is 5.82. The molecule has 1 aromatic carbocycles. The van der Waals surface area contributed by atoms with Gasteiger partial charge in [0.2, 0.25) is 0 Å². The van der Waals surface area contributed by atoms with Crippen molar-refractivity contribution in [3.8, 4) is 0 Å². The Kier molecular flexibility index (Phi) is 4.35. The summed E-state index contributed by atoms with van der Waals surface area (Å²) in [7, 11) is 0. The third-order valence-corrected chi connectivity index (χ3v) is 4.41. The fraction of sp³-hybridized carbons (Fsp3) is 0.571. The van der Waals surface area contributed by atoms with Crippen molar-refractivity contribution in [3.63, 3.8) is 0 Å².